The predicted octanol–water partition coefficient (Wildman–Crippen LogP) is 3.09. The maximum absolute atomic E-state index is 12.1. The third-order valence-electron chi connectivity index (χ3n) is 3.27. The monoisotopic (exact) mass is 428 g/mol. The number of rotatable bonds is 6. The highest BCUT2D eigenvalue weighted by atomic mass is 79.9. The van der Waals surface area contributed by atoms with Crippen molar-refractivity contribution in [3.63, 3.8) is 0 Å². The van der Waals surface area contributed by atoms with E-state index in [-0.39, 0.29) is 10.8 Å². The van der Waals surface area contributed by atoms with E-state index < -0.39 is 10.0 Å². The van der Waals surface area contributed by atoms with E-state index in [0.717, 1.165) is 14.9 Å². The lowest BCUT2D eigenvalue weighted by Crippen LogP contribution is -2.23. The third kappa shape index (κ3) is 5.01. The van der Waals surface area contributed by atoms with Crippen LogP contribution in [0.3, 0.4) is 0 Å². The average Bonchev–Trinajstić information content (AvgIpc) is 2.97. The Hall–Kier alpha value is -1.48. The summed E-state index contributed by atoms with van der Waals surface area (Å²) >= 11 is 4.98. The van der Waals surface area contributed by atoms with E-state index >= 15 is 0 Å². The van der Waals surface area contributed by atoms with Gasteiger partial charge in [0, 0.05) is 27.9 Å². The zero-order valence-corrected chi connectivity index (χ0v) is 16.4. The predicted molar refractivity (Wildman–Crippen MR) is 100 cm³/mol. The number of nitrogens with zero attached hydrogens (tertiary/aromatic N) is 1. The number of likely N-dealkylation sites (N-methyl/N-ethyl adjacent to an activating group) is 1. The number of carbonyl (C=O) groups is 1. The lowest BCUT2D eigenvalue weighted by Gasteiger charge is -2.13. The number of hydrogen-bond donors (Lipinski definition) is 1. The van der Waals surface area contributed by atoms with Gasteiger partial charge in [-0.15, -0.1) is 11.3 Å². The maximum atomic E-state index is 12.1. The molecule has 2 aromatic rings. The van der Waals surface area contributed by atoms with E-state index in [1.165, 1.54) is 25.3 Å². The van der Waals surface area contributed by atoms with Crippen LogP contribution in [0.1, 0.15) is 10.4 Å². The van der Waals surface area contributed by atoms with Crippen molar-refractivity contribution < 1.29 is 13.2 Å². The largest absolute Gasteiger partial charge is 0.337 e. The fourth-order valence-electron chi connectivity index (χ4n) is 1.92. The molecular formula is C16H17BrN2O3S2. The van der Waals surface area contributed by atoms with Gasteiger partial charge in [0.15, 0.2) is 0 Å². The molecule has 0 bridgehead atoms. The van der Waals surface area contributed by atoms with Crippen molar-refractivity contribution in [2.45, 2.75) is 11.4 Å². The Morgan fingerprint density at radius 3 is 2.54 bits per heavy atom. The molecule has 128 valence electrons. The molecule has 1 aromatic carbocycles. The lowest BCUT2D eigenvalue weighted by atomic mass is 10.2. The standard InChI is InChI=1S/C16H17BrN2O3S2/c1-18-24(21,22)15-6-3-12(4-7-15)5-8-16(20)19(2)10-14-9-13(17)11-23-14/h3-9,11,18H,10H2,1-2H3/b8-5+. The summed E-state index contributed by atoms with van der Waals surface area (Å²) in [6, 6.07) is 8.31. The fraction of sp³-hybridized carbons (Fsp3) is 0.188. The molecule has 1 N–H and O–H groups in total. The summed E-state index contributed by atoms with van der Waals surface area (Å²) in [6.45, 7) is 0.540. The minimum Gasteiger partial charge on any atom is -0.337 e. The topological polar surface area (TPSA) is 66.5 Å². The molecular weight excluding hydrogens is 412 g/mol. The average molecular weight is 429 g/mol. The van der Waals surface area contributed by atoms with Gasteiger partial charge in [0.1, 0.15) is 0 Å². The van der Waals surface area contributed by atoms with Gasteiger partial charge in [-0.1, -0.05) is 12.1 Å². The molecule has 0 saturated heterocycles. The number of carbonyl (C=O) groups excluding carboxylic acids is 1. The van der Waals surface area contributed by atoms with Crippen LogP contribution in [0.2, 0.25) is 0 Å². The molecule has 0 aliphatic rings. The Morgan fingerprint density at radius 2 is 2.00 bits per heavy atom. The van der Waals surface area contributed by atoms with Gasteiger partial charge in [0.05, 0.1) is 11.4 Å². The van der Waals surface area contributed by atoms with Crippen molar-refractivity contribution in [1.82, 2.24) is 9.62 Å². The summed E-state index contributed by atoms with van der Waals surface area (Å²) in [4.78, 5) is 15.0. The van der Waals surface area contributed by atoms with Gasteiger partial charge in [-0.25, -0.2) is 13.1 Å². The van der Waals surface area contributed by atoms with Crippen LogP contribution in [0.4, 0.5) is 0 Å². The van der Waals surface area contributed by atoms with E-state index in [1.54, 1.807) is 41.5 Å². The molecule has 1 heterocycles. The van der Waals surface area contributed by atoms with Crippen molar-refractivity contribution in [2.75, 3.05) is 14.1 Å². The second-order valence-electron chi connectivity index (χ2n) is 5.04. The normalized spacial score (nSPS) is 11.8. The van der Waals surface area contributed by atoms with Crippen molar-refractivity contribution in [3.8, 4) is 0 Å². The molecule has 0 aliphatic carbocycles. The van der Waals surface area contributed by atoms with E-state index in [9.17, 15) is 13.2 Å². The lowest BCUT2D eigenvalue weighted by molar-refractivity contribution is -0.125. The van der Waals surface area contributed by atoms with Crippen LogP contribution in [-0.4, -0.2) is 33.3 Å². The molecule has 0 fully saturated rings. The number of benzene rings is 1. The smallest absolute Gasteiger partial charge is 0.246 e. The minimum atomic E-state index is -3.44. The number of hydrogen-bond acceptors (Lipinski definition) is 4. The number of nitrogens with one attached hydrogen (secondary N) is 1. The Labute approximate surface area is 154 Å². The summed E-state index contributed by atoms with van der Waals surface area (Å²) in [5.41, 5.74) is 0.755. The molecule has 0 radical (unpaired) electrons. The Morgan fingerprint density at radius 1 is 1.33 bits per heavy atom. The first-order valence-corrected chi connectivity index (χ1v) is 10.2. The minimum absolute atomic E-state index is 0.119. The van der Waals surface area contributed by atoms with Crippen LogP contribution in [0, 0.1) is 0 Å². The van der Waals surface area contributed by atoms with Gasteiger partial charge in [0.25, 0.3) is 0 Å². The van der Waals surface area contributed by atoms with Crippen LogP contribution in [0.15, 0.2) is 51.2 Å². The maximum Gasteiger partial charge on any atom is 0.246 e. The molecule has 1 amide bonds. The molecule has 0 saturated carbocycles. The Bertz CT molecular complexity index is 842. The first kappa shape index (κ1) is 18.9. The molecule has 0 spiro atoms. The van der Waals surface area contributed by atoms with Crippen LogP contribution in [0.5, 0.6) is 0 Å². The summed E-state index contributed by atoms with van der Waals surface area (Å²) in [7, 11) is -0.340. The van der Waals surface area contributed by atoms with E-state index in [2.05, 4.69) is 20.7 Å². The summed E-state index contributed by atoms with van der Waals surface area (Å²) in [5, 5.41) is 1.98. The van der Waals surface area contributed by atoms with Crippen molar-refractivity contribution in [2.24, 2.45) is 0 Å². The highest BCUT2D eigenvalue weighted by molar-refractivity contribution is 9.10. The molecule has 8 heteroatoms. The molecule has 5 nitrogen and oxygen atoms in total. The van der Waals surface area contributed by atoms with Gasteiger partial charge in [0.2, 0.25) is 15.9 Å². The zero-order valence-electron chi connectivity index (χ0n) is 13.2. The third-order valence-corrected chi connectivity index (χ3v) is 6.38. The van der Waals surface area contributed by atoms with Crippen molar-refractivity contribution >= 4 is 49.3 Å². The highest BCUT2D eigenvalue weighted by Gasteiger charge is 2.10. The number of sulfonamides is 1. The summed E-state index contributed by atoms with van der Waals surface area (Å²) in [5.74, 6) is -0.119. The van der Waals surface area contributed by atoms with Gasteiger partial charge in [-0.3, -0.25) is 4.79 Å². The molecule has 1 aromatic heterocycles. The second kappa shape index (κ2) is 8.06. The van der Waals surface area contributed by atoms with E-state index in [4.69, 9.17) is 0 Å². The van der Waals surface area contributed by atoms with Crippen molar-refractivity contribution in [1.29, 1.82) is 0 Å². The van der Waals surface area contributed by atoms with E-state index in [1.807, 2.05) is 11.4 Å². The van der Waals surface area contributed by atoms with Gasteiger partial charge in [-0.05, 0) is 52.8 Å². The molecule has 0 unspecified atom stereocenters. The first-order valence-electron chi connectivity index (χ1n) is 7.01. The number of halogens is 1. The molecule has 24 heavy (non-hydrogen) atoms. The van der Waals surface area contributed by atoms with Gasteiger partial charge < -0.3 is 4.90 Å². The molecule has 0 aliphatic heterocycles. The van der Waals surface area contributed by atoms with Gasteiger partial charge in [-0.2, -0.15) is 0 Å². The number of thiophene rings is 1. The van der Waals surface area contributed by atoms with Crippen LogP contribution >= 0.6 is 27.3 Å². The Balaban J connectivity index is 2.00. The van der Waals surface area contributed by atoms with Crippen LogP contribution in [-0.2, 0) is 21.4 Å². The SMILES string of the molecule is CNS(=O)(=O)c1ccc(/C=C/C(=O)N(C)Cc2cc(Br)cs2)cc1. The quantitative estimate of drug-likeness (QED) is 0.718. The summed E-state index contributed by atoms with van der Waals surface area (Å²) < 4.78 is 26.6. The molecule has 2 rings (SSSR count). The molecule has 0 atom stereocenters. The number of amides is 1. The second-order valence-corrected chi connectivity index (χ2v) is 8.83. The van der Waals surface area contributed by atoms with Crippen molar-refractivity contribution in [3.05, 3.63) is 56.7 Å². The van der Waals surface area contributed by atoms with Crippen LogP contribution in [0.25, 0.3) is 6.08 Å². The first-order chi connectivity index (χ1) is 11.3. The van der Waals surface area contributed by atoms with Crippen LogP contribution < -0.4 is 4.72 Å². The zero-order chi connectivity index (χ0) is 17.7. The van der Waals surface area contributed by atoms with Gasteiger partial charge >= 0.3 is 0 Å². The Kier molecular flexibility index (Phi) is 6.34. The van der Waals surface area contributed by atoms with E-state index in [0.29, 0.717) is 6.54 Å². The highest BCUT2D eigenvalue weighted by Crippen LogP contribution is 2.21. The summed E-state index contributed by atoms with van der Waals surface area (Å²) in [6.07, 6.45) is 3.14. The fourth-order valence-corrected chi connectivity index (χ4v) is 4.15.